The fourth-order valence-electron chi connectivity index (χ4n) is 5.48. The lowest BCUT2D eigenvalue weighted by Crippen LogP contribution is -2.51. The number of ether oxygens (including phenoxy) is 2. The van der Waals surface area contributed by atoms with Gasteiger partial charge in [0.05, 0.1) is 12.5 Å². The van der Waals surface area contributed by atoms with Crippen LogP contribution < -0.4 is 5.32 Å². The molecule has 2 heterocycles. The van der Waals surface area contributed by atoms with Crippen molar-refractivity contribution in [2.45, 2.75) is 49.8 Å². The van der Waals surface area contributed by atoms with Crippen molar-refractivity contribution in [2.75, 3.05) is 19.8 Å². The molecule has 0 unspecified atom stereocenters. The molecule has 0 spiro atoms. The second-order valence-electron chi connectivity index (χ2n) is 9.08. The third-order valence-electron chi connectivity index (χ3n) is 7.05. The van der Waals surface area contributed by atoms with Gasteiger partial charge in [-0.1, -0.05) is 48.5 Å². The first-order chi connectivity index (χ1) is 16.5. The van der Waals surface area contributed by atoms with Crippen molar-refractivity contribution in [3.63, 3.8) is 0 Å². The molecule has 178 valence electrons. The predicted molar refractivity (Wildman–Crippen MR) is 123 cm³/mol. The Balaban J connectivity index is 1.21. The van der Waals surface area contributed by atoms with E-state index in [1.54, 1.807) is 4.90 Å². The normalized spacial score (nSPS) is 23.4. The van der Waals surface area contributed by atoms with Gasteiger partial charge in [0.25, 0.3) is 5.91 Å². The average Bonchev–Trinajstić information content (AvgIpc) is 3.55. The summed E-state index contributed by atoms with van der Waals surface area (Å²) in [6.07, 6.45) is 0.436. The molecule has 2 fully saturated rings. The van der Waals surface area contributed by atoms with Crippen LogP contribution in [0.2, 0.25) is 0 Å². The summed E-state index contributed by atoms with van der Waals surface area (Å²) < 4.78 is 11.3. The Morgan fingerprint density at radius 1 is 1.03 bits per heavy atom. The first kappa shape index (κ1) is 22.4. The molecule has 0 saturated carbocycles. The number of likely N-dealkylation sites (tertiary alicyclic amines) is 1. The summed E-state index contributed by atoms with van der Waals surface area (Å²) in [4.78, 5) is 38.5. The molecule has 2 aromatic carbocycles. The van der Waals surface area contributed by atoms with E-state index in [1.165, 1.54) is 0 Å². The van der Waals surface area contributed by atoms with Crippen LogP contribution in [0.5, 0.6) is 0 Å². The number of fused-ring (bicyclic) bond motifs is 3. The molecule has 8 nitrogen and oxygen atoms in total. The smallest absolute Gasteiger partial charge is 0.407 e. The maximum atomic E-state index is 13.1. The van der Waals surface area contributed by atoms with E-state index in [2.05, 4.69) is 29.6 Å². The van der Waals surface area contributed by atoms with Crippen molar-refractivity contribution >= 4 is 18.0 Å². The Morgan fingerprint density at radius 2 is 1.71 bits per heavy atom. The number of amides is 2. The molecule has 3 atom stereocenters. The molecule has 3 aliphatic rings. The molecule has 2 aromatic rings. The summed E-state index contributed by atoms with van der Waals surface area (Å²) in [5.41, 5.74) is 4.58. The molecule has 8 heteroatoms. The minimum atomic E-state index is -0.926. The Morgan fingerprint density at radius 3 is 2.38 bits per heavy atom. The zero-order valence-electron chi connectivity index (χ0n) is 18.8. The molecule has 5 rings (SSSR count). The SMILES string of the molecule is O=C(O)C[C@@H]1CCCN1C(=O)[C@H]1OCC[C@H]1NC(=O)OCC1c2ccccc2-c2ccccc21. The van der Waals surface area contributed by atoms with Gasteiger partial charge in [-0.15, -0.1) is 0 Å². The largest absolute Gasteiger partial charge is 0.481 e. The minimum absolute atomic E-state index is 0.0446. The maximum absolute atomic E-state index is 13.1. The van der Waals surface area contributed by atoms with Crippen LogP contribution in [-0.2, 0) is 19.1 Å². The van der Waals surface area contributed by atoms with Crippen molar-refractivity contribution < 1.29 is 29.0 Å². The highest BCUT2D eigenvalue weighted by Gasteiger charge is 2.42. The molecule has 0 bridgehead atoms. The number of carbonyl (C=O) groups is 3. The highest BCUT2D eigenvalue weighted by molar-refractivity contribution is 5.84. The number of carbonyl (C=O) groups excluding carboxylic acids is 2. The number of carboxylic acids is 1. The number of hydrogen-bond donors (Lipinski definition) is 2. The van der Waals surface area contributed by atoms with E-state index in [0.29, 0.717) is 26.0 Å². The number of nitrogens with one attached hydrogen (secondary N) is 1. The number of nitrogens with zero attached hydrogens (tertiary/aromatic N) is 1. The Kier molecular flexibility index (Phi) is 6.24. The van der Waals surface area contributed by atoms with E-state index in [1.807, 2.05) is 24.3 Å². The van der Waals surface area contributed by atoms with Crippen molar-refractivity contribution in [2.24, 2.45) is 0 Å². The molecular weight excluding hydrogens is 436 g/mol. The van der Waals surface area contributed by atoms with E-state index in [4.69, 9.17) is 14.6 Å². The lowest BCUT2D eigenvalue weighted by Gasteiger charge is -2.28. The van der Waals surface area contributed by atoms with Gasteiger partial charge in [0.15, 0.2) is 6.10 Å². The van der Waals surface area contributed by atoms with Crippen LogP contribution in [0, 0.1) is 0 Å². The monoisotopic (exact) mass is 464 g/mol. The van der Waals surface area contributed by atoms with Gasteiger partial charge in [0.1, 0.15) is 6.61 Å². The standard InChI is InChI=1S/C26H28N2O6/c29-23(30)14-16-6-5-12-28(16)25(31)24-22(11-13-33-24)27-26(32)34-15-21-19-9-3-1-7-17(19)18-8-2-4-10-20(18)21/h1-4,7-10,16,21-22,24H,5-6,11-15H2,(H,27,32)(H,29,30)/t16-,22+,24-/m0/s1. The van der Waals surface area contributed by atoms with Crippen molar-refractivity contribution in [1.29, 1.82) is 0 Å². The van der Waals surface area contributed by atoms with E-state index in [9.17, 15) is 14.4 Å². The summed E-state index contributed by atoms with van der Waals surface area (Å²) in [5, 5.41) is 11.9. The van der Waals surface area contributed by atoms with E-state index in [0.717, 1.165) is 28.7 Å². The van der Waals surface area contributed by atoms with Crippen molar-refractivity contribution in [1.82, 2.24) is 10.2 Å². The van der Waals surface area contributed by atoms with Crippen LogP contribution in [0.25, 0.3) is 11.1 Å². The van der Waals surface area contributed by atoms with Crippen LogP contribution in [0.15, 0.2) is 48.5 Å². The lowest BCUT2D eigenvalue weighted by atomic mass is 9.98. The van der Waals surface area contributed by atoms with Gasteiger partial charge < -0.3 is 24.8 Å². The summed E-state index contributed by atoms with van der Waals surface area (Å²) in [6.45, 7) is 1.05. The molecule has 2 N–H and O–H groups in total. The number of benzene rings is 2. The minimum Gasteiger partial charge on any atom is -0.481 e. The van der Waals surface area contributed by atoms with Gasteiger partial charge in [0.2, 0.25) is 0 Å². The maximum Gasteiger partial charge on any atom is 0.407 e. The van der Waals surface area contributed by atoms with E-state index >= 15 is 0 Å². The molecule has 34 heavy (non-hydrogen) atoms. The van der Waals surface area contributed by atoms with Gasteiger partial charge in [-0.3, -0.25) is 9.59 Å². The molecule has 0 radical (unpaired) electrons. The Bertz CT molecular complexity index is 1060. The molecule has 1 aliphatic carbocycles. The highest BCUT2D eigenvalue weighted by atomic mass is 16.6. The van der Waals surface area contributed by atoms with E-state index in [-0.39, 0.29) is 30.9 Å². The number of hydrogen-bond acceptors (Lipinski definition) is 5. The lowest BCUT2D eigenvalue weighted by molar-refractivity contribution is -0.145. The number of alkyl carbamates (subject to hydrolysis) is 1. The second-order valence-corrected chi connectivity index (χ2v) is 9.08. The van der Waals surface area contributed by atoms with Crippen molar-refractivity contribution in [3.05, 3.63) is 59.7 Å². The first-order valence-electron chi connectivity index (χ1n) is 11.8. The van der Waals surface area contributed by atoms with Crippen LogP contribution >= 0.6 is 0 Å². The van der Waals surface area contributed by atoms with Crippen LogP contribution in [-0.4, -0.2) is 65.9 Å². The molecule has 0 aromatic heterocycles. The summed E-state index contributed by atoms with van der Waals surface area (Å²) >= 11 is 0. The van der Waals surface area contributed by atoms with Gasteiger partial charge in [-0.2, -0.15) is 0 Å². The van der Waals surface area contributed by atoms with Gasteiger partial charge in [-0.25, -0.2) is 4.79 Å². The molecule has 2 aliphatic heterocycles. The topological polar surface area (TPSA) is 105 Å². The summed E-state index contributed by atoms with van der Waals surface area (Å²) in [6, 6.07) is 15.4. The van der Waals surface area contributed by atoms with Gasteiger partial charge in [-0.05, 0) is 41.5 Å². The quantitative estimate of drug-likeness (QED) is 0.681. The Labute approximate surface area is 197 Å². The first-order valence-corrected chi connectivity index (χ1v) is 11.8. The molecular formula is C26H28N2O6. The van der Waals surface area contributed by atoms with Crippen LogP contribution in [0.4, 0.5) is 4.79 Å². The highest BCUT2D eigenvalue weighted by Crippen LogP contribution is 2.44. The fraction of sp³-hybridized carbons (Fsp3) is 0.423. The van der Waals surface area contributed by atoms with Gasteiger partial charge in [0, 0.05) is 25.1 Å². The number of rotatable bonds is 6. The van der Waals surface area contributed by atoms with Crippen LogP contribution in [0.3, 0.4) is 0 Å². The molecule has 2 saturated heterocycles. The summed E-state index contributed by atoms with van der Waals surface area (Å²) in [5.74, 6) is -1.23. The second kappa shape index (κ2) is 9.46. The zero-order valence-corrected chi connectivity index (χ0v) is 18.8. The third kappa shape index (κ3) is 4.25. The molecule has 2 amide bonds. The number of carboxylic acid groups (broad SMARTS) is 1. The number of aliphatic carboxylic acids is 1. The summed E-state index contributed by atoms with van der Waals surface area (Å²) in [7, 11) is 0. The van der Waals surface area contributed by atoms with E-state index < -0.39 is 24.2 Å². The third-order valence-corrected chi connectivity index (χ3v) is 7.05. The van der Waals surface area contributed by atoms with Crippen LogP contribution in [0.1, 0.15) is 42.7 Å². The van der Waals surface area contributed by atoms with Gasteiger partial charge >= 0.3 is 12.1 Å². The predicted octanol–water partition coefficient (Wildman–Crippen LogP) is 3.15. The zero-order chi connectivity index (χ0) is 23.7. The Hall–Kier alpha value is -3.39. The fourth-order valence-corrected chi connectivity index (χ4v) is 5.48. The van der Waals surface area contributed by atoms with Crippen molar-refractivity contribution in [3.8, 4) is 11.1 Å². The average molecular weight is 465 g/mol.